The first-order chi connectivity index (χ1) is 9.49. The monoisotopic (exact) mass is 281 g/mol. The highest BCUT2D eigenvalue weighted by Gasteiger charge is 2.17. The van der Waals surface area contributed by atoms with Crippen LogP contribution < -0.4 is 5.32 Å². The van der Waals surface area contributed by atoms with Crippen molar-refractivity contribution in [3.63, 3.8) is 0 Å². The molecule has 20 heavy (non-hydrogen) atoms. The number of carboxylic acids is 1. The first-order valence-electron chi connectivity index (χ1n) is 5.92. The lowest BCUT2D eigenvalue weighted by Gasteiger charge is -2.08. The van der Waals surface area contributed by atoms with Gasteiger partial charge in [0.05, 0.1) is 16.9 Å². The zero-order chi connectivity index (χ0) is 14.7. The van der Waals surface area contributed by atoms with Gasteiger partial charge >= 0.3 is 5.97 Å². The SMILES string of the molecule is Cn1ccc(CCNc2ccc(C(=O)O)c(F)c2F)n1. The van der Waals surface area contributed by atoms with Crippen molar-refractivity contribution < 1.29 is 18.7 Å². The molecule has 0 saturated carbocycles. The van der Waals surface area contributed by atoms with Gasteiger partial charge in [0.25, 0.3) is 0 Å². The van der Waals surface area contributed by atoms with Crippen LogP contribution in [0.15, 0.2) is 24.4 Å². The number of nitrogens with one attached hydrogen (secondary N) is 1. The molecule has 0 aliphatic rings. The van der Waals surface area contributed by atoms with Gasteiger partial charge in [0.2, 0.25) is 0 Å². The molecule has 1 aromatic carbocycles. The van der Waals surface area contributed by atoms with Crippen molar-refractivity contribution >= 4 is 11.7 Å². The number of carbonyl (C=O) groups is 1. The molecule has 0 atom stereocenters. The molecule has 2 N–H and O–H groups in total. The summed E-state index contributed by atoms with van der Waals surface area (Å²) >= 11 is 0. The number of anilines is 1. The van der Waals surface area contributed by atoms with Crippen LogP contribution in [0.5, 0.6) is 0 Å². The zero-order valence-corrected chi connectivity index (χ0v) is 10.7. The van der Waals surface area contributed by atoms with Gasteiger partial charge in [-0.05, 0) is 18.2 Å². The minimum absolute atomic E-state index is 0.0663. The minimum Gasteiger partial charge on any atom is -0.478 e. The summed E-state index contributed by atoms with van der Waals surface area (Å²) < 4.78 is 28.7. The van der Waals surface area contributed by atoms with Crippen LogP contribution in [-0.2, 0) is 13.5 Å². The lowest BCUT2D eigenvalue weighted by molar-refractivity contribution is 0.0690. The second kappa shape index (κ2) is 5.68. The summed E-state index contributed by atoms with van der Waals surface area (Å²) in [5, 5.41) is 15.5. The Morgan fingerprint density at radius 1 is 1.35 bits per heavy atom. The maximum atomic E-state index is 13.6. The van der Waals surface area contributed by atoms with E-state index in [9.17, 15) is 13.6 Å². The van der Waals surface area contributed by atoms with Crippen LogP contribution in [0.4, 0.5) is 14.5 Å². The van der Waals surface area contributed by atoms with E-state index in [2.05, 4.69) is 10.4 Å². The smallest absolute Gasteiger partial charge is 0.338 e. The van der Waals surface area contributed by atoms with E-state index in [1.165, 1.54) is 6.07 Å². The zero-order valence-electron chi connectivity index (χ0n) is 10.7. The van der Waals surface area contributed by atoms with Gasteiger partial charge in [-0.3, -0.25) is 4.68 Å². The summed E-state index contributed by atoms with van der Waals surface area (Å²) in [6, 6.07) is 4.07. The quantitative estimate of drug-likeness (QED) is 0.880. The Kier molecular flexibility index (Phi) is 3.97. The van der Waals surface area contributed by atoms with E-state index in [1.54, 1.807) is 17.9 Å². The molecule has 0 unspecified atom stereocenters. The van der Waals surface area contributed by atoms with Gasteiger partial charge in [0.1, 0.15) is 0 Å². The van der Waals surface area contributed by atoms with Crippen molar-refractivity contribution in [2.75, 3.05) is 11.9 Å². The van der Waals surface area contributed by atoms with Crippen molar-refractivity contribution in [2.45, 2.75) is 6.42 Å². The maximum Gasteiger partial charge on any atom is 0.338 e. The number of hydrogen-bond donors (Lipinski definition) is 2. The molecule has 1 heterocycles. The van der Waals surface area contributed by atoms with Crippen LogP contribution in [0.25, 0.3) is 0 Å². The highest BCUT2D eigenvalue weighted by molar-refractivity contribution is 5.88. The summed E-state index contributed by atoms with van der Waals surface area (Å²) in [5.41, 5.74) is 0.0734. The number of halogens is 2. The van der Waals surface area contributed by atoms with Gasteiger partial charge in [0, 0.05) is 26.2 Å². The van der Waals surface area contributed by atoms with Crippen LogP contribution in [-0.4, -0.2) is 27.4 Å². The molecule has 5 nitrogen and oxygen atoms in total. The van der Waals surface area contributed by atoms with E-state index in [0.717, 1.165) is 11.8 Å². The van der Waals surface area contributed by atoms with Gasteiger partial charge in [-0.1, -0.05) is 0 Å². The summed E-state index contributed by atoms with van der Waals surface area (Å²) in [4.78, 5) is 10.6. The molecule has 0 saturated heterocycles. The molecular formula is C13H13F2N3O2. The predicted octanol–water partition coefficient (Wildman–Crippen LogP) is 2.05. The third kappa shape index (κ3) is 2.93. The Balaban J connectivity index is 2.03. The van der Waals surface area contributed by atoms with Gasteiger partial charge in [0.15, 0.2) is 11.6 Å². The fourth-order valence-electron chi connectivity index (χ4n) is 1.77. The molecule has 0 fully saturated rings. The standard InChI is InChI=1S/C13H13F2N3O2/c1-18-7-5-8(17-18)4-6-16-10-3-2-9(13(19)20)11(14)12(10)15/h2-3,5,7,16H,4,6H2,1H3,(H,19,20). The Bertz CT molecular complexity index is 641. The molecule has 0 aliphatic carbocycles. The molecule has 2 rings (SSSR count). The normalized spacial score (nSPS) is 10.6. The fourth-order valence-corrected chi connectivity index (χ4v) is 1.77. The highest BCUT2D eigenvalue weighted by atomic mass is 19.2. The summed E-state index contributed by atoms with van der Waals surface area (Å²) in [6.07, 6.45) is 2.33. The van der Waals surface area contributed by atoms with Gasteiger partial charge in [-0.2, -0.15) is 5.10 Å². The number of nitrogens with zero attached hydrogens (tertiary/aromatic N) is 2. The summed E-state index contributed by atoms with van der Waals surface area (Å²) in [7, 11) is 1.79. The number of aromatic carboxylic acids is 1. The fraction of sp³-hybridized carbons (Fsp3) is 0.231. The molecule has 2 aromatic rings. The van der Waals surface area contributed by atoms with E-state index in [-0.39, 0.29) is 5.69 Å². The predicted molar refractivity (Wildman–Crippen MR) is 68.7 cm³/mol. The summed E-state index contributed by atoms with van der Waals surface area (Å²) in [5.74, 6) is -4.05. The van der Waals surface area contributed by atoms with Crippen LogP contribution in [0.2, 0.25) is 0 Å². The van der Waals surface area contributed by atoms with Gasteiger partial charge < -0.3 is 10.4 Å². The average Bonchev–Trinajstić information content (AvgIpc) is 2.80. The van der Waals surface area contributed by atoms with Crippen molar-refractivity contribution in [3.8, 4) is 0 Å². The van der Waals surface area contributed by atoms with Crippen LogP contribution in [0.1, 0.15) is 16.1 Å². The largest absolute Gasteiger partial charge is 0.478 e. The summed E-state index contributed by atoms with van der Waals surface area (Å²) in [6.45, 7) is 0.361. The first kappa shape index (κ1) is 14.0. The molecule has 0 amide bonds. The molecule has 0 aliphatic heterocycles. The molecule has 1 aromatic heterocycles. The average molecular weight is 281 g/mol. The van der Waals surface area contributed by atoms with Gasteiger partial charge in [-0.25, -0.2) is 13.6 Å². The number of benzene rings is 1. The second-order valence-corrected chi connectivity index (χ2v) is 4.25. The lowest BCUT2D eigenvalue weighted by atomic mass is 10.1. The molecule has 106 valence electrons. The van der Waals surface area contributed by atoms with Crippen LogP contribution >= 0.6 is 0 Å². The topological polar surface area (TPSA) is 67.2 Å². The molecule has 0 bridgehead atoms. The van der Waals surface area contributed by atoms with E-state index in [4.69, 9.17) is 5.11 Å². The molecular weight excluding hydrogens is 268 g/mol. The van der Waals surface area contributed by atoms with Crippen molar-refractivity contribution in [1.82, 2.24) is 9.78 Å². The number of rotatable bonds is 5. The Morgan fingerprint density at radius 3 is 2.70 bits per heavy atom. The van der Waals surface area contributed by atoms with E-state index in [1.807, 2.05) is 6.07 Å². The molecule has 7 heteroatoms. The molecule has 0 radical (unpaired) electrons. The lowest BCUT2D eigenvalue weighted by Crippen LogP contribution is -2.10. The Morgan fingerprint density at radius 2 is 2.10 bits per heavy atom. The maximum absolute atomic E-state index is 13.6. The number of hydrogen-bond acceptors (Lipinski definition) is 3. The van der Waals surface area contributed by atoms with Crippen molar-refractivity contribution in [2.24, 2.45) is 7.05 Å². The van der Waals surface area contributed by atoms with E-state index < -0.39 is 23.2 Å². The van der Waals surface area contributed by atoms with Crippen LogP contribution in [0.3, 0.4) is 0 Å². The minimum atomic E-state index is -1.50. The number of aryl methyl sites for hydroxylation is 1. The Labute approximate surface area is 113 Å². The van der Waals surface area contributed by atoms with E-state index >= 15 is 0 Å². The third-order valence-corrected chi connectivity index (χ3v) is 2.78. The third-order valence-electron chi connectivity index (χ3n) is 2.78. The number of carboxylic acid groups (broad SMARTS) is 1. The highest BCUT2D eigenvalue weighted by Crippen LogP contribution is 2.20. The first-order valence-corrected chi connectivity index (χ1v) is 5.92. The second-order valence-electron chi connectivity index (χ2n) is 4.25. The molecule has 0 spiro atoms. The van der Waals surface area contributed by atoms with Crippen molar-refractivity contribution in [3.05, 3.63) is 47.3 Å². The van der Waals surface area contributed by atoms with E-state index in [0.29, 0.717) is 13.0 Å². The Hall–Kier alpha value is -2.44. The number of aromatic nitrogens is 2. The van der Waals surface area contributed by atoms with Gasteiger partial charge in [-0.15, -0.1) is 0 Å². The van der Waals surface area contributed by atoms with Crippen molar-refractivity contribution in [1.29, 1.82) is 0 Å². The van der Waals surface area contributed by atoms with Crippen LogP contribution in [0, 0.1) is 11.6 Å².